The predicted octanol–water partition coefficient (Wildman–Crippen LogP) is 0.189. The summed E-state index contributed by atoms with van der Waals surface area (Å²) in [5.74, 6) is -3.65. The summed E-state index contributed by atoms with van der Waals surface area (Å²) in [5, 5.41) is 16.0. The Labute approximate surface area is 150 Å². The molecule has 26 heavy (non-hydrogen) atoms. The minimum absolute atomic E-state index is 0.222. The van der Waals surface area contributed by atoms with Crippen LogP contribution in [0.1, 0.15) is 23.2 Å². The summed E-state index contributed by atoms with van der Waals surface area (Å²) in [6.07, 6.45) is 4.06. The van der Waals surface area contributed by atoms with Gasteiger partial charge in [0.25, 0.3) is 0 Å². The summed E-state index contributed by atoms with van der Waals surface area (Å²) in [6.45, 7) is 0.320. The Kier molecular flexibility index (Phi) is 6.01. The molecule has 0 saturated carbocycles. The van der Waals surface area contributed by atoms with Gasteiger partial charge in [-0.25, -0.2) is 22.7 Å². The number of sulfonamides is 1. The first-order valence-corrected chi connectivity index (χ1v) is 9.74. The summed E-state index contributed by atoms with van der Waals surface area (Å²) in [5.41, 5.74) is 10.7. The third-order valence-corrected chi connectivity index (χ3v) is 4.68. The minimum Gasteiger partial charge on any atom is -0.473 e. The van der Waals surface area contributed by atoms with E-state index in [9.17, 15) is 8.42 Å². The van der Waals surface area contributed by atoms with E-state index in [1.54, 1.807) is 0 Å². The smallest absolute Gasteiger partial charge is 0.414 e. The lowest BCUT2D eigenvalue weighted by atomic mass is 9.92. The number of benzene rings is 1. The second-order valence-corrected chi connectivity index (χ2v) is 8.00. The number of nitrogens with one attached hydrogen (secondary N) is 2. The number of hydrogen-bond donors (Lipinski definition) is 5. The zero-order valence-electron chi connectivity index (χ0n) is 14.2. The highest BCUT2D eigenvalue weighted by atomic mass is 32.2. The molecule has 0 amide bonds. The number of carbonyl (C=O) groups is 2. The number of aromatic amines is 1. The van der Waals surface area contributed by atoms with Crippen molar-refractivity contribution in [3.63, 3.8) is 0 Å². The van der Waals surface area contributed by atoms with E-state index in [0.717, 1.165) is 30.3 Å². The first kappa shape index (κ1) is 19.9. The molecule has 1 heterocycles. The average molecular weight is 383 g/mol. The molecule has 1 aliphatic rings. The van der Waals surface area contributed by atoms with Gasteiger partial charge in [0.05, 0.1) is 6.26 Å². The third kappa shape index (κ3) is 5.28. The fraction of sp³-hybridized carbons (Fsp3) is 0.375. The quantitative estimate of drug-likeness (QED) is 0.472. The molecule has 0 fully saturated rings. The predicted molar refractivity (Wildman–Crippen MR) is 95.3 cm³/mol. The van der Waals surface area contributed by atoms with E-state index in [0.29, 0.717) is 6.54 Å². The van der Waals surface area contributed by atoms with Crippen molar-refractivity contribution in [1.82, 2.24) is 9.71 Å². The summed E-state index contributed by atoms with van der Waals surface area (Å²) in [7, 11) is -3.17. The van der Waals surface area contributed by atoms with Crippen molar-refractivity contribution >= 4 is 32.9 Å². The maximum absolute atomic E-state index is 11.2. The van der Waals surface area contributed by atoms with E-state index >= 15 is 0 Å². The summed E-state index contributed by atoms with van der Waals surface area (Å²) < 4.78 is 24.8. The van der Waals surface area contributed by atoms with Crippen LogP contribution < -0.4 is 10.5 Å². The Morgan fingerprint density at radius 2 is 1.96 bits per heavy atom. The fourth-order valence-corrected chi connectivity index (χ4v) is 3.24. The standard InChI is InChI=1S/C14H19N3O2S.C2H2O4/c1-20(18,19)16-8-9-2-4-13-11(6-9)12-7-10(15)3-5-14(12)17-13;3-1(4)2(5)6/h2,4,6,10,16-17H,3,5,7-8,15H2,1H3;(H,3,4)(H,5,6). The zero-order chi connectivity index (χ0) is 19.5. The number of carboxylic acid groups (broad SMARTS) is 2. The van der Waals surface area contributed by atoms with E-state index in [1.807, 2.05) is 12.1 Å². The van der Waals surface area contributed by atoms with Gasteiger partial charge in [0.2, 0.25) is 10.0 Å². The van der Waals surface area contributed by atoms with E-state index in [4.69, 9.17) is 25.5 Å². The molecule has 1 unspecified atom stereocenters. The Hall–Kier alpha value is -2.43. The van der Waals surface area contributed by atoms with Crippen molar-refractivity contribution in [3.05, 3.63) is 35.0 Å². The number of hydrogen-bond acceptors (Lipinski definition) is 5. The Balaban J connectivity index is 0.000000352. The molecule has 1 aromatic heterocycles. The SMILES string of the molecule is CS(=O)(=O)NCc1ccc2[nH]c3c(c2c1)CC(N)CC3.O=C(O)C(=O)O. The van der Waals surface area contributed by atoms with Gasteiger partial charge in [0.15, 0.2) is 0 Å². The summed E-state index contributed by atoms with van der Waals surface area (Å²) >= 11 is 0. The van der Waals surface area contributed by atoms with Gasteiger partial charge in [-0.2, -0.15) is 0 Å². The molecule has 10 heteroatoms. The van der Waals surface area contributed by atoms with Gasteiger partial charge in [0, 0.05) is 29.2 Å². The number of carboxylic acids is 2. The Bertz CT molecular complexity index is 923. The maximum Gasteiger partial charge on any atom is 0.414 e. The normalized spacial score (nSPS) is 16.5. The third-order valence-electron chi connectivity index (χ3n) is 4.01. The lowest BCUT2D eigenvalue weighted by Crippen LogP contribution is -2.27. The molecule has 0 radical (unpaired) electrons. The van der Waals surface area contributed by atoms with Gasteiger partial charge in [-0.3, -0.25) is 0 Å². The van der Waals surface area contributed by atoms with E-state index < -0.39 is 22.0 Å². The maximum atomic E-state index is 11.2. The van der Waals surface area contributed by atoms with Gasteiger partial charge in [0.1, 0.15) is 0 Å². The number of rotatable bonds is 3. The Morgan fingerprint density at radius 1 is 1.31 bits per heavy atom. The summed E-state index contributed by atoms with van der Waals surface area (Å²) in [4.78, 5) is 21.6. The number of fused-ring (bicyclic) bond motifs is 3. The Morgan fingerprint density at radius 3 is 2.54 bits per heavy atom. The van der Waals surface area contributed by atoms with Gasteiger partial charge in [-0.05, 0) is 42.5 Å². The number of aliphatic carboxylic acids is 2. The van der Waals surface area contributed by atoms with Crippen LogP contribution in [-0.4, -0.2) is 47.9 Å². The second kappa shape index (κ2) is 7.85. The van der Waals surface area contributed by atoms with Crippen LogP contribution in [-0.2, 0) is 39.0 Å². The molecule has 6 N–H and O–H groups in total. The molecular formula is C16H21N3O6S. The number of nitrogens with two attached hydrogens (primary N) is 1. The fourth-order valence-electron chi connectivity index (χ4n) is 2.82. The molecule has 1 aliphatic carbocycles. The van der Waals surface area contributed by atoms with Crippen LogP contribution in [0.3, 0.4) is 0 Å². The molecule has 1 atom stereocenters. The van der Waals surface area contributed by atoms with Crippen LogP contribution in [0.2, 0.25) is 0 Å². The van der Waals surface area contributed by atoms with Crippen molar-refractivity contribution in [2.24, 2.45) is 5.73 Å². The zero-order valence-corrected chi connectivity index (χ0v) is 15.0. The highest BCUT2D eigenvalue weighted by molar-refractivity contribution is 7.88. The van der Waals surface area contributed by atoms with E-state index in [1.165, 1.54) is 22.9 Å². The minimum atomic E-state index is -3.17. The first-order chi connectivity index (χ1) is 12.1. The van der Waals surface area contributed by atoms with E-state index in [2.05, 4.69) is 15.8 Å². The van der Waals surface area contributed by atoms with Crippen LogP contribution >= 0.6 is 0 Å². The molecule has 0 bridgehead atoms. The van der Waals surface area contributed by atoms with Crippen LogP contribution in [0.25, 0.3) is 10.9 Å². The van der Waals surface area contributed by atoms with Gasteiger partial charge in [-0.15, -0.1) is 0 Å². The molecule has 0 aliphatic heterocycles. The molecule has 9 nitrogen and oxygen atoms in total. The monoisotopic (exact) mass is 383 g/mol. The van der Waals surface area contributed by atoms with Gasteiger partial charge < -0.3 is 20.9 Å². The van der Waals surface area contributed by atoms with Gasteiger partial charge in [-0.1, -0.05) is 6.07 Å². The first-order valence-electron chi connectivity index (χ1n) is 7.85. The average Bonchev–Trinajstić information content (AvgIpc) is 2.90. The largest absolute Gasteiger partial charge is 0.473 e. The number of aromatic nitrogens is 1. The molecule has 0 saturated heterocycles. The van der Waals surface area contributed by atoms with Crippen LogP contribution in [0, 0.1) is 0 Å². The number of aryl methyl sites for hydroxylation is 1. The molecule has 3 rings (SSSR count). The highest BCUT2D eigenvalue weighted by Crippen LogP contribution is 2.29. The molecular weight excluding hydrogens is 362 g/mol. The van der Waals surface area contributed by atoms with Crippen molar-refractivity contribution in [2.75, 3.05) is 6.26 Å². The number of H-pyrrole nitrogens is 1. The van der Waals surface area contributed by atoms with Crippen molar-refractivity contribution < 1.29 is 28.2 Å². The lowest BCUT2D eigenvalue weighted by Gasteiger charge is -2.18. The highest BCUT2D eigenvalue weighted by Gasteiger charge is 2.20. The molecule has 2 aromatic rings. The van der Waals surface area contributed by atoms with Crippen molar-refractivity contribution in [2.45, 2.75) is 31.8 Å². The second-order valence-electron chi connectivity index (χ2n) is 6.17. The van der Waals surface area contributed by atoms with E-state index in [-0.39, 0.29) is 6.04 Å². The van der Waals surface area contributed by atoms with Crippen LogP contribution in [0.4, 0.5) is 0 Å². The van der Waals surface area contributed by atoms with Crippen LogP contribution in [0.15, 0.2) is 18.2 Å². The topological polar surface area (TPSA) is 163 Å². The lowest BCUT2D eigenvalue weighted by molar-refractivity contribution is -0.159. The molecule has 142 valence electrons. The molecule has 1 aromatic carbocycles. The summed E-state index contributed by atoms with van der Waals surface area (Å²) in [6, 6.07) is 6.24. The van der Waals surface area contributed by atoms with Crippen molar-refractivity contribution in [3.8, 4) is 0 Å². The van der Waals surface area contributed by atoms with Gasteiger partial charge >= 0.3 is 11.9 Å². The molecule has 0 spiro atoms. The van der Waals surface area contributed by atoms with Crippen molar-refractivity contribution in [1.29, 1.82) is 0 Å². The van der Waals surface area contributed by atoms with Crippen LogP contribution in [0.5, 0.6) is 0 Å².